The number of hydrogen-bond donors (Lipinski definition) is 0. The monoisotopic (exact) mass is 440 g/mol. The van der Waals surface area contributed by atoms with Gasteiger partial charge in [0.15, 0.2) is 21.4 Å². The quantitative estimate of drug-likeness (QED) is 0.629. The van der Waals surface area contributed by atoms with Crippen molar-refractivity contribution >= 4 is 21.4 Å². The standard InChI is InChI=1S/C21H19ClF2O4S/c1-27-11-13-8-9-21(29(25,26)16-4-2-15(22)3-5-16)14(10-13)12-28-20-18(24)7-6-17(23)19(20)21/h2-7,11,14H,8-10,12H2,1H3/b13-11-/t14-,21+/m1/s1. The van der Waals surface area contributed by atoms with Crippen molar-refractivity contribution < 1.29 is 26.7 Å². The highest BCUT2D eigenvalue weighted by Crippen LogP contribution is 2.57. The van der Waals surface area contributed by atoms with Gasteiger partial charge in [-0.05, 0) is 61.2 Å². The van der Waals surface area contributed by atoms with Crippen LogP contribution in [0.2, 0.25) is 5.02 Å². The number of rotatable bonds is 3. The first-order valence-corrected chi connectivity index (χ1v) is 11.0. The lowest BCUT2D eigenvalue weighted by molar-refractivity contribution is 0.139. The van der Waals surface area contributed by atoms with Crippen LogP contribution in [0.5, 0.6) is 5.75 Å². The Morgan fingerprint density at radius 2 is 1.86 bits per heavy atom. The van der Waals surface area contributed by atoms with Crippen molar-refractivity contribution in [1.82, 2.24) is 0 Å². The van der Waals surface area contributed by atoms with E-state index in [1.54, 1.807) is 6.26 Å². The molecule has 0 spiro atoms. The van der Waals surface area contributed by atoms with Crippen molar-refractivity contribution in [2.75, 3.05) is 13.7 Å². The topological polar surface area (TPSA) is 52.6 Å². The third kappa shape index (κ3) is 3.02. The number of halogens is 3. The number of methoxy groups -OCH3 is 1. The molecule has 0 radical (unpaired) electrons. The second-order valence-electron chi connectivity index (χ2n) is 7.30. The molecule has 1 aliphatic heterocycles. The fraction of sp³-hybridized carbons (Fsp3) is 0.333. The maximum Gasteiger partial charge on any atom is 0.188 e. The summed E-state index contributed by atoms with van der Waals surface area (Å²) in [6, 6.07) is 7.66. The zero-order valence-corrected chi connectivity index (χ0v) is 17.2. The summed E-state index contributed by atoms with van der Waals surface area (Å²) in [5, 5.41) is 0.386. The van der Waals surface area contributed by atoms with E-state index in [4.69, 9.17) is 21.1 Å². The molecule has 0 amide bonds. The first-order chi connectivity index (χ1) is 13.8. The van der Waals surface area contributed by atoms with Crippen LogP contribution in [0.25, 0.3) is 0 Å². The number of fused-ring (bicyclic) bond motifs is 3. The van der Waals surface area contributed by atoms with Crippen LogP contribution < -0.4 is 4.74 Å². The minimum atomic E-state index is -4.10. The van der Waals surface area contributed by atoms with Crippen molar-refractivity contribution in [2.45, 2.75) is 28.9 Å². The van der Waals surface area contributed by atoms with Crippen molar-refractivity contribution in [3.63, 3.8) is 0 Å². The van der Waals surface area contributed by atoms with Gasteiger partial charge in [0.25, 0.3) is 0 Å². The van der Waals surface area contributed by atoms with E-state index in [0.717, 1.165) is 17.7 Å². The molecule has 2 aromatic carbocycles. The lowest BCUT2D eigenvalue weighted by Gasteiger charge is -2.47. The Bertz CT molecular complexity index is 1080. The molecule has 154 valence electrons. The van der Waals surface area contributed by atoms with Crippen LogP contribution in [0.3, 0.4) is 0 Å². The minimum absolute atomic E-state index is 0.0163. The van der Waals surface area contributed by atoms with E-state index in [0.29, 0.717) is 17.9 Å². The Morgan fingerprint density at radius 1 is 1.17 bits per heavy atom. The number of allylic oxidation sites excluding steroid dienone is 1. The van der Waals surface area contributed by atoms with Gasteiger partial charge in [-0.2, -0.15) is 0 Å². The summed E-state index contributed by atoms with van der Waals surface area (Å²) < 4.78 is 66.3. The molecule has 1 saturated carbocycles. The van der Waals surface area contributed by atoms with Gasteiger partial charge in [-0.25, -0.2) is 17.2 Å². The summed E-state index contributed by atoms with van der Waals surface area (Å²) in [5.41, 5.74) is 0.684. The van der Waals surface area contributed by atoms with E-state index in [1.807, 2.05) is 0 Å². The first kappa shape index (κ1) is 20.2. The van der Waals surface area contributed by atoms with Crippen LogP contribution in [-0.2, 0) is 19.3 Å². The molecular weight excluding hydrogens is 422 g/mol. The molecule has 0 N–H and O–H groups in total. The number of hydrogen-bond acceptors (Lipinski definition) is 4. The summed E-state index contributed by atoms with van der Waals surface area (Å²) in [6.07, 6.45) is 2.40. The maximum atomic E-state index is 15.1. The van der Waals surface area contributed by atoms with Gasteiger partial charge in [-0.3, -0.25) is 0 Å². The molecule has 4 rings (SSSR count). The molecule has 0 aromatic heterocycles. The summed E-state index contributed by atoms with van der Waals surface area (Å²) in [7, 11) is -2.59. The van der Waals surface area contributed by atoms with Crippen molar-refractivity contribution in [3.05, 3.63) is 70.5 Å². The molecule has 0 saturated heterocycles. The number of sulfone groups is 1. The van der Waals surface area contributed by atoms with Crippen molar-refractivity contribution in [3.8, 4) is 5.75 Å². The molecule has 4 nitrogen and oxygen atoms in total. The average molecular weight is 441 g/mol. The predicted molar refractivity (Wildman–Crippen MR) is 105 cm³/mol. The van der Waals surface area contributed by atoms with Crippen LogP contribution in [0.1, 0.15) is 24.8 Å². The Kier molecular flexibility index (Phi) is 5.07. The molecule has 2 atom stereocenters. The van der Waals surface area contributed by atoms with E-state index in [-0.39, 0.29) is 29.2 Å². The Hall–Kier alpha value is -2.12. The highest BCUT2D eigenvalue weighted by atomic mass is 35.5. The molecule has 8 heteroatoms. The number of benzene rings is 2. The molecule has 1 heterocycles. The average Bonchev–Trinajstić information content (AvgIpc) is 2.70. The zero-order valence-electron chi connectivity index (χ0n) is 15.6. The van der Waals surface area contributed by atoms with Crippen LogP contribution in [0.15, 0.2) is 53.1 Å². The largest absolute Gasteiger partial charge is 0.504 e. The molecule has 2 aliphatic rings. The van der Waals surface area contributed by atoms with Gasteiger partial charge in [0.2, 0.25) is 0 Å². The lowest BCUT2D eigenvalue weighted by atomic mass is 9.71. The summed E-state index contributed by atoms with van der Waals surface area (Å²) in [5.74, 6) is -2.48. The van der Waals surface area contributed by atoms with E-state index in [2.05, 4.69) is 0 Å². The summed E-state index contributed by atoms with van der Waals surface area (Å²) >= 11 is 5.92. The molecule has 29 heavy (non-hydrogen) atoms. The minimum Gasteiger partial charge on any atom is -0.504 e. The third-order valence-corrected chi connectivity index (χ3v) is 8.63. The first-order valence-electron chi connectivity index (χ1n) is 9.13. The second kappa shape index (κ2) is 7.29. The zero-order chi connectivity index (χ0) is 20.8. The van der Waals surface area contributed by atoms with Gasteiger partial charge in [0.1, 0.15) is 10.6 Å². The normalized spacial score (nSPS) is 25.1. The Morgan fingerprint density at radius 3 is 2.55 bits per heavy atom. The summed E-state index contributed by atoms with van der Waals surface area (Å²) in [6.45, 7) is -0.0404. The third-order valence-electron chi connectivity index (χ3n) is 5.78. The van der Waals surface area contributed by atoms with Crippen LogP contribution in [0.4, 0.5) is 8.78 Å². The van der Waals surface area contributed by atoms with E-state index in [9.17, 15) is 12.8 Å². The lowest BCUT2D eigenvalue weighted by Crippen LogP contribution is -2.51. The molecule has 1 fully saturated rings. The van der Waals surface area contributed by atoms with Gasteiger partial charge in [0.05, 0.1) is 30.4 Å². The van der Waals surface area contributed by atoms with Crippen molar-refractivity contribution in [2.24, 2.45) is 5.92 Å². The molecular formula is C21H19ClF2O4S. The Balaban J connectivity index is 1.99. The highest BCUT2D eigenvalue weighted by molar-refractivity contribution is 7.92. The summed E-state index contributed by atoms with van der Waals surface area (Å²) in [4.78, 5) is 0.0163. The SMILES string of the molecule is CO/C=C1/CC[C@@]2(S(=O)(=O)c3ccc(Cl)cc3)c3c(F)ccc(F)c3OC[C@H]2C1. The smallest absolute Gasteiger partial charge is 0.188 e. The van der Waals surface area contributed by atoms with E-state index < -0.39 is 32.1 Å². The van der Waals surface area contributed by atoms with Gasteiger partial charge >= 0.3 is 0 Å². The predicted octanol–water partition coefficient (Wildman–Crippen LogP) is 5.01. The fourth-order valence-corrected chi connectivity index (χ4v) is 6.96. The number of ether oxygens (including phenoxy) is 2. The van der Waals surface area contributed by atoms with Crippen LogP contribution in [0, 0.1) is 17.6 Å². The van der Waals surface area contributed by atoms with Gasteiger partial charge in [-0.1, -0.05) is 11.6 Å². The highest BCUT2D eigenvalue weighted by Gasteiger charge is 2.59. The molecule has 0 unspecified atom stereocenters. The van der Waals surface area contributed by atoms with E-state index >= 15 is 4.39 Å². The fourth-order valence-electron chi connectivity index (χ4n) is 4.49. The van der Waals surface area contributed by atoms with Crippen molar-refractivity contribution in [1.29, 1.82) is 0 Å². The van der Waals surface area contributed by atoms with Gasteiger partial charge < -0.3 is 9.47 Å². The van der Waals surface area contributed by atoms with Crippen LogP contribution >= 0.6 is 11.6 Å². The van der Waals surface area contributed by atoms with Gasteiger partial charge in [0, 0.05) is 10.9 Å². The molecule has 0 bridgehead atoms. The maximum absolute atomic E-state index is 15.1. The van der Waals surface area contributed by atoms with E-state index in [1.165, 1.54) is 31.4 Å². The Labute approximate surface area is 173 Å². The second-order valence-corrected chi connectivity index (χ2v) is 9.95. The molecule has 1 aliphatic carbocycles. The van der Waals surface area contributed by atoms with Gasteiger partial charge in [-0.15, -0.1) is 0 Å². The van der Waals surface area contributed by atoms with Crippen LogP contribution in [-0.4, -0.2) is 22.1 Å². The molecule has 2 aromatic rings.